The Balaban J connectivity index is 2.42. The minimum Gasteiger partial charge on any atom is -0.495 e. The molecular formula is C22H22O9. The van der Waals surface area contributed by atoms with Gasteiger partial charge in [0, 0.05) is 0 Å². The molecular weight excluding hydrogens is 408 g/mol. The number of carbonyl (C=O) groups is 2. The summed E-state index contributed by atoms with van der Waals surface area (Å²) in [6, 6.07) is 0. The Hall–Kier alpha value is -3.72. The van der Waals surface area contributed by atoms with Crippen molar-refractivity contribution in [2.75, 3.05) is 14.2 Å². The maximum atomic E-state index is 12.4. The summed E-state index contributed by atoms with van der Waals surface area (Å²) in [5, 5.41) is 0. The van der Waals surface area contributed by atoms with Gasteiger partial charge in [-0.15, -0.1) is 0 Å². The van der Waals surface area contributed by atoms with E-state index in [0.717, 1.165) is 0 Å². The second kappa shape index (κ2) is 10.9. The summed E-state index contributed by atoms with van der Waals surface area (Å²) in [6.45, 7) is 2.73. The van der Waals surface area contributed by atoms with E-state index < -0.39 is 11.3 Å². The number of rotatable bonds is 10. The van der Waals surface area contributed by atoms with Crippen LogP contribution in [0.15, 0.2) is 30.6 Å². The average molecular weight is 430 g/mol. The topological polar surface area (TPSA) is 122 Å². The molecule has 9 heteroatoms. The molecule has 0 saturated heterocycles. The van der Waals surface area contributed by atoms with Crippen molar-refractivity contribution in [3.8, 4) is 11.5 Å². The minimum absolute atomic E-state index is 0.00959. The van der Waals surface area contributed by atoms with E-state index in [-0.39, 0.29) is 58.5 Å². The second-order valence-electron chi connectivity index (χ2n) is 6.09. The summed E-state index contributed by atoms with van der Waals surface area (Å²) in [4.78, 5) is 47.8. The molecule has 0 unspecified atom stereocenters. The first-order valence-corrected chi connectivity index (χ1v) is 9.18. The van der Waals surface area contributed by atoms with Crippen LogP contribution in [-0.2, 0) is 18.0 Å². The molecule has 0 fully saturated rings. The van der Waals surface area contributed by atoms with Crippen LogP contribution < -0.4 is 20.7 Å². The number of hydrogen-bond donors (Lipinski definition) is 0. The zero-order valence-electron chi connectivity index (χ0n) is 17.6. The van der Waals surface area contributed by atoms with Gasteiger partial charge in [0.15, 0.2) is 12.6 Å². The molecule has 2 aromatic rings. The molecule has 0 bridgehead atoms. The number of aldehydes is 2. The second-order valence-corrected chi connectivity index (χ2v) is 6.09. The highest BCUT2D eigenvalue weighted by atomic mass is 16.5. The largest absolute Gasteiger partial charge is 0.495 e. The van der Waals surface area contributed by atoms with Crippen molar-refractivity contribution in [2.24, 2.45) is 0 Å². The maximum Gasteiger partial charge on any atom is 0.345 e. The monoisotopic (exact) mass is 430 g/mol. The Morgan fingerprint density at radius 2 is 1.13 bits per heavy atom. The fourth-order valence-electron chi connectivity index (χ4n) is 2.91. The predicted octanol–water partition coefficient (Wildman–Crippen LogP) is 3.02. The number of methoxy groups -OCH3 is 2. The summed E-state index contributed by atoms with van der Waals surface area (Å²) in [5.41, 5.74) is -1.49. The van der Waals surface area contributed by atoms with Gasteiger partial charge in [0.05, 0.1) is 38.6 Å². The van der Waals surface area contributed by atoms with Crippen molar-refractivity contribution in [3.05, 3.63) is 66.8 Å². The van der Waals surface area contributed by atoms with E-state index in [1.807, 2.05) is 0 Å². The molecule has 0 aromatic carbocycles. The Labute approximate surface area is 177 Å². The maximum absolute atomic E-state index is 12.4. The van der Waals surface area contributed by atoms with Gasteiger partial charge < -0.3 is 23.0 Å². The number of ether oxygens (including phenoxy) is 3. The van der Waals surface area contributed by atoms with Gasteiger partial charge in [-0.3, -0.25) is 9.59 Å². The molecule has 2 aromatic heterocycles. The van der Waals surface area contributed by atoms with Crippen molar-refractivity contribution >= 4 is 24.7 Å². The van der Waals surface area contributed by atoms with Gasteiger partial charge in [-0.1, -0.05) is 12.2 Å². The number of allylic oxidation sites excluding steroid dienone is 2. The highest BCUT2D eigenvalue weighted by molar-refractivity contribution is 5.85. The van der Waals surface area contributed by atoms with Gasteiger partial charge in [-0.25, -0.2) is 9.59 Å². The Bertz CT molecular complexity index is 1040. The van der Waals surface area contributed by atoms with Gasteiger partial charge >= 0.3 is 11.3 Å². The third-order valence-electron chi connectivity index (χ3n) is 4.24. The van der Waals surface area contributed by atoms with E-state index in [1.54, 1.807) is 26.0 Å². The molecule has 0 saturated carbocycles. The summed E-state index contributed by atoms with van der Waals surface area (Å²) >= 11 is 0. The molecule has 9 nitrogen and oxygen atoms in total. The lowest BCUT2D eigenvalue weighted by atomic mass is 10.1. The van der Waals surface area contributed by atoms with Gasteiger partial charge in [0.25, 0.3) is 0 Å². The predicted molar refractivity (Wildman–Crippen MR) is 112 cm³/mol. The van der Waals surface area contributed by atoms with Gasteiger partial charge in [0.1, 0.15) is 34.1 Å². The Morgan fingerprint density at radius 3 is 1.42 bits per heavy atom. The molecule has 0 aliphatic heterocycles. The molecule has 2 rings (SSSR count). The van der Waals surface area contributed by atoms with Crippen LogP contribution in [0.2, 0.25) is 0 Å². The van der Waals surface area contributed by atoms with Crippen LogP contribution in [0.25, 0.3) is 12.2 Å². The smallest absolute Gasteiger partial charge is 0.345 e. The molecule has 0 amide bonds. The third kappa shape index (κ3) is 4.89. The van der Waals surface area contributed by atoms with Crippen molar-refractivity contribution in [1.82, 2.24) is 0 Å². The van der Waals surface area contributed by atoms with E-state index in [1.165, 1.54) is 26.4 Å². The molecule has 0 aliphatic rings. The van der Waals surface area contributed by atoms with Crippen molar-refractivity contribution in [1.29, 1.82) is 0 Å². The number of hydrogen-bond acceptors (Lipinski definition) is 9. The zero-order valence-corrected chi connectivity index (χ0v) is 17.6. The lowest BCUT2D eigenvalue weighted by Gasteiger charge is -2.13. The Morgan fingerprint density at radius 1 is 0.742 bits per heavy atom. The average Bonchev–Trinajstić information content (AvgIpc) is 2.75. The summed E-state index contributed by atoms with van der Waals surface area (Å²) < 4.78 is 26.3. The zero-order chi connectivity index (χ0) is 23.0. The molecule has 0 spiro atoms. The first-order chi connectivity index (χ1) is 15.0. The van der Waals surface area contributed by atoms with Crippen LogP contribution in [0.1, 0.15) is 57.2 Å². The van der Waals surface area contributed by atoms with Crippen molar-refractivity contribution < 1.29 is 32.6 Å². The molecule has 31 heavy (non-hydrogen) atoms. The molecule has 2 heterocycles. The van der Waals surface area contributed by atoms with Crippen LogP contribution in [0.4, 0.5) is 0 Å². The van der Waals surface area contributed by atoms with Gasteiger partial charge in [-0.05, 0) is 26.0 Å². The normalized spacial score (nSPS) is 11.2. The molecule has 164 valence electrons. The fraction of sp³-hybridized carbons (Fsp3) is 0.273. The number of carbonyl (C=O) groups excluding carboxylic acids is 2. The summed E-state index contributed by atoms with van der Waals surface area (Å²) in [5.74, 6) is 0.131. The highest BCUT2D eigenvalue weighted by Crippen LogP contribution is 2.27. The minimum atomic E-state index is -0.758. The van der Waals surface area contributed by atoms with E-state index in [2.05, 4.69) is 0 Å². The van der Waals surface area contributed by atoms with Crippen molar-refractivity contribution in [2.45, 2.75) is 27.1 Å². The van der Waals surface area contributed by atoms with Crippen LogP contribution in [0, 0.1) is 0 Å². The van der Waals surface area contributed by atoms with Gasteiger partial charge in [0.2, 0.25) is 0 Å². The molecule has 0 aliphatic carbocycles. The van der Waals surface area contributed by atoms with Crippen molar-refractivity contribution in [3.63, 3.8) is 0 Å². The molecule has 0 N–H and O–H groups in total. The lowest BCUT2D eigenvalue weighted by Crippen LogP contribution is -2.17. The Kier molecular flexibility index (Phi) is 8.27. The van der Waals surface area contributed by atoms with Crippen LogP contribution in [-0.4, -0.2) is 26.8 Å². The molecule has 0 atom stereocenters. The van der Waals surface area contributed by atoms with E-state index in [4.69, 9.17) is 23.0 Å². The third-order valence-corrected chi connectivity index (χ3v) is 4.24. The van der Waals surface area contributed by atoms with E-state index >= 15 is 0 Å². The van der Waals surface area contributed by atoms with Crippen LogP contribution in [0.5, 0.6) is 11.5 Å². The first kappa shape index (κ1) is 23.6. The first-order valence-electron chi connectivity index (χ1n) is 9.18. The summed E-state index contributed by atoms with van der Waals surface area (Å²) in [7, 11) is 2.61. The van der Waals surface area contributed by atoms with E-state index in [9.17, 15) is 19.2 Å². The van der Waals surface area contributed by atoms with Crippen LogP contribution in [0.3, 0.4) is 0 Å². The van der Waals surface area contributed by atoms with Crippen LogP contribution >= 0.6 is 0 Å². The molecule has 0 radical (unpaired) electrons. The quantitative estimate of drug-likeness (QED) is 0.523. The fourth-order valence-corrected chi connectivity index (χ4v) is 2.91. The standard InChI is InChI=1S/C22H22O9/c1-5-7-17-13(9-23)19(27-3)15(21(25)30-17)11-29-12-16-20(28-4)14(10-24)18(8-6-2)31-22(16)26/h5-10H,11-12H2,1-4H3/b7-5+,8-6+. The summed E-state index contributed by atoms with van der Waals surface area (Å²) in [6.07, 6.45) is 7.15. The SMILES string of the molecule is C/C=C/c1oc(=O)c(COCc2c(OC)c(C=O)c(/C=C/C)oc2=O)c(OC)c1C=O. The van der Waals surface area contributed by atoms with E-state index in [0.29, 0.717) is 12.6 Å². The lowest BCUT2D eigenvalue weighted by molar-refractivity contribution is 0.0974. The highest BCUT2D eigenvalue weighted by Gasteiger charge is 2.22. The van der Waals surface area contributed by atoms with Gasteiger partial charge in [-0.2, -0.15) is 0 Å².